The molecule has 2 saturated heterocycles. The van der Waals surface area contributed by atoms with Gasteiger partial charge in [-0.3, -0.25) is 0 Å². The molecule has 4 nitrogen and oxygen atoms in total. The van der Waals surface area contributed by atoms with Gasteiger partial charge in [-0.25, -0.2) is 4.21 Å². The van der Waals surface area contributed by atoms with Crippen LogP contribution in [0, 0.1) is 5.92 Å². The van der Waals surface area contributed by atoms with Gasteiger partial charge in [0.15, 0.2) is 11.1 Å². The Morgan fingerprint density at radius 2 is 1.69 bits per heavy atom. The summed E-state index contributed by atoms with van der Waals surface area (Å²) >= 11 is -1.87. The maximum absolute atomic E-state index is 11.2. The molecule has 150 valence electrons. The first kappa shape index (κ1) is 23.3. The number of likely N-dealkylation sites (tertiary alicyclic amines) is 1. The fraction of sp³-hybridized carbons (Fsp3) is 0.714. The zero-order valence-corrected chi connectivity index (χ0v) is 17.9. The van der Waals surface area contributed by atoms with Gasteiger partial charge in [-0.1, -0.05) is 39.8 Å². The van der Waals surface area contributed by atoms with Gasteiger partial charge in [-0.15, -0.1) is 0 Å². The van der Waals surface area contributed by atoms with E-state index in [1.165, 1.54) is 38.0 Å². The van der Waals surface area contributed by atoms with Crippen molar-refractivity contribution in [3.63, 3.8) is 0 Å². The Kier molecular flexibility index (Phi) is 12.0. The Balaban J connectivity index is 0.000000791. The van der Waals surface area contributed by atoms with Gasteiger partial charge in [0.1, 0.15) is 0 Å². The standard InChI is InChI=1S/C17H26N2O2S.2C2H6/c20-22(21)17-3-1-2-16(12-17)15-6-10-19(11-7-15)13-14-4-8-18-9-5-14;2*1-2/h1-3,12,14-15,18H,4-11,13H2,(H,20,21);2*1-2H3. The number of nitrogens with zero attached hydrogens (tertiary/aromatic N) is 1. The average molecular weight is 383 g/mol. The lowest BCUT2D eigenvalue weighted by Crippen LogP contribution is -2.39. The molecular weight excluding hydrogens is 344 g/mol. The molecule has 0 amide bonds. The Bertz CT molecular complexity index is 510. The predicted molar refractivity (Wildman–Crippen MR) is 112 cm³/mol. The van der Waals surface area contributed by atoms with Crippen LogP contribution in [-0.2, 0) is 11.1 Å². The number of rotatable bonds is 4. The highest BCUT2D eigenvalue weighted by atomic mass is 32.2. The number of hydrogen-bond donors (Lipinski definition) is 2. The molecule has 26 heavy (non-hydrogen) atoms. The zero-order valence-electron chi connectivity index (χ0n) is 17.0. The van der Waals surface area contributed by atoms with Crippen LogP contribution in [0.3, 0.4) is 0 Å². The van der Waals surface area contributed by atoms with Crippen molar-refractivity contribution in [2.24, 2.45) is 5.92 Å². The third kappa shape index (κ3) is 7.47. The summed E-state index contributed by atoms with van der Waals surface area (Å²) in [5.74, 6) is 1.39. The number of nitrogens with one attached hydrogen (secondary N) is 1. The first-order valence-electron chi connectivity index (χ1n) is 10.4. The fourth-order valence-corrected chi connectivity index (χ4v) is 4.19. The quantitative estimate of drug-likeness (QED) is 0.753. The molecule has 2 heterocycles. The van der Waals surface area contributed by atoms with Gasteiger partial charge in [0.2, 0.25) is 0 Å². The Morgan fingerprint density at radius 3 is 2.27 bits per heavy atom. The molecule has 2 N–H and O–H groups in total. The Morgan fingerprint density at radius 1 is 1.08 bits per heavy atom. The van der Waals surface area contributed by atoms with Gasteiger partial charge in [0.05, 0.1) is 4.90 Å². The van der Waals surface area contributed by atoms with Crippen molar-refractivity contribution in [2.75, 3.05) is 32.7 Å². The highest BCUT2D eigenvalue weighted by Crippen LogP contribution is 2.29. The first-order chi connectivity index (χ1) is 12.7. The van der Waals surface area contributed by atoms with E-state index < -0.39 is 11.1 Å². The van der Waals surface area contributed by atoms with E-state index in [2.05, 4.69) is 16.3 Å². The molecule has 5 heteroatoms. The SMILES string of the molecule is CC.CC.O=S(O)c1cccc(C2CCN(CC3CCNCC3)CC2)c1. The van der Waals surface area contributed by atoms with Crippen LogP contribution in [0.1, 0.15) is 64.9 Å². The summed E-state index contributed by atoms with van der Waals surface area (Å²) in [6, 6.07) is 7.64. The molecule has 0 aromatic heterocycles. The van der Waals surface area contributed by atoms with Gasteiger partial charge in [-0.05, 0) is 81.4 Å². The van der Waals surface area contributed by atoms with E-state index in [1.54, 1.807) is 6.07 Å². The molecule has 2 aliphatic rings. The molecule has 2 aliphatic heterocycles. The summed E-state index contributed by atoms with van der Waals surface area (Å²) in [5, 5.41) is 3.43. The Labute approximate surface area is 163 Å². The van der Waals surface area contributed by atoms with E-state index in [0.29, 0.717) is 10.8 Å². The molecule has 0 bridgehead atoms. The topological polar surface area (TPSA) is 52.6 Å². The molecule has 3 rings (SSSR count). The van der Waals surface area contributed by atoms with Crippen LogP contribution in [0.4, 0.5) is 0 Å². The second kappa shape index (κ2) is 13.4. The predicted octanol–water partition coefficient (Wildman–Crippen LogP) is 4.50. The minimum Gasteiger partial charge on any atom is -0.317 e. The van der Waals surface area contributed by atoms with Gasteiger partial charge in [-0.2, -0.15) is 0 Å². The largest absolute Gasteiger partial charge is 0.317 e. The molecule has 0 aliphatic carbocycles. The lowest BCUT2D eigenvalue weighted by atomic mass is 9.88. The number of hydrogen-bond acceptors (Lipinski definition) is 3. The summed E-state index contributed by atoms with van der Waals surface area (Å²) in [4.78, 5) is 3.13. The van der Waals surface area contributed by atoms with Crippen LogP contribution in [0.5, 0.6) is 0 Å². The summed E-state index contributed by atoms with van der Waals surface area (Å²) in [6.07, 6.45) is 4.94. The lowest BCUT2D eigenvalue weighted by Gasteiger charge is -2.35. The molecule has 1 atom stereocenters. The molecular formula is C21H38N2O2S. The Hall–Kier alpha value is -0.750. The van der Waals surface area contributed by atoms with Gasteiger partial charge < -0.3 is 14.8 Å². The van der Waals surface area contributed by atoms with E-state index in [-0.39, 0.29) is 0 Å². The van der Waals surface area contributed by atoms with E-state index >= 15 is 0 Å². The van der Waals surface area contributed by atoms with E-state index in [1.807, 2.05) is 39.8 Å². The molecule has 1 aromatic carbocycles. The van der Waals surface area contributed by atoms with Crippen molar-refractivity contribution in [2.45, 2.75) is 64.2 Å². The summed E-state index contributed by atoms with van der Waals surface area (Å²) < 4.78 is 20.4. The summed E-state index contributed by atoms with van der Waals surface area (Å²) in [6.45, 7) is 13.9. The van der Waals surface area contributed by atoms with Crippen molar-refractivity contribution in [1.82, 2.24) is 10.2 Å². The highest BCUT2D eigenvalue weighted by molar-refractivity contribution is 7.79. The number of piperidine rings is 2. The minimum absolute atomic E-state index is 0.523. The average Bonchev–Trinajstić information content (AvgIpc) is 2.72. The van der Waals surface area contributed by atoms with E-state index in [0.717, 1.165) is 31.8 Å². The van der Waals surface area contributed by atoms with Gasteiger partial charge in [0, 0.05) is 6.54 Å². The van der Waals surface area contributed by atoms with Crippen LogP contribution in [-0.4, -0.2) is 46.4 Å². The molecule has 1 unspecified atom stereocenters. The van der Waals surface area contributed by atoms with Crippen LogP contribution in [0.25, 0.3) is 0 Å². The van der Waals surface area contributed by atoms with Gasteiger partial charge in [0.25, 0.3) is 0 Å². The van der Waals surface area contributed by atoms with E-state index in [4.69, 9.17) is 0 Å². The molecule has 0 spiro atoms. The molecule has 0 radical (unpaired) electrons. The first-order valence-corrected chi connectivity index (χ1v) is 11.5. The third-order valence-electron chi connectivity index (χ3n) is 5.09. The van der Waals surface area contributed by atoms with Crippen LogP contribution in [0.15, 0.2) is 29.2 Å². The molecule has 1 aromatic rings. The van der Waals surface area contributed by atoms with Crippen molar-refractivity contribution in [3.05, 3.63) is 29.8 Å². The maximum atomic E-state index is 11.2. The van der Waals surface area contributed by atoms with Crippen molar-refractivity contribution >= 4 is 11.1 Å². The fourth-order valence-electron chi connectivity index (χ4n) is 3.76. The van der Waals surface area contributed by atoms with E-state index in [9.17, 15) is 8.76 Å². The number of benzene rings is 1. The van der Waals surface area contributed by atoms with Crippen LogP contribution in [0.2, 0.25) is 0 Å². The molecule has 2 fully saturated rings. The van der Waals surface area contributed by atoms with Crippen LogP contribution >= 0.6 is 0 Å². The smallest absolute Gasteiger partial charge is 0.186 e. The second-order valence-corrected chi connectivity index (χ2v) is 7.56. The lowest BCUT2D eigenvalue weighted by molar-refractivity contribution is 0.167. The second-order valence-electron chi connectivity index (χ2n) is 6.59. The summed E-state index contributed by atoms with van der Waals surface area (Å²) in [5.41, 5.74) is 1.22. The third-order valence-corrected chi connectivity index (χ3v) is 5.75. The molecule has 0 saturated carbocycles. The highest BCUT2D eigenvalue weighted by Gasteiger charge is 2.23. The maximum Gasteiger partial charge on any atom is 0.186 e. The summed E-state index contributed by atoms with van der Waals surface area (Å²) in [7, 11) is 0. The van der Waals surface area contributed by atoms with Crippen LogP contribution < -0.4 is 5.32 Å². The zero-order chi connectivity index (χ0) is 19.4. The minimum atomic E-state index is -1.87. The normalized spacial score (nSPS) is 20.3. The van der Waals surface area contributed by atoms with Gasteiger partial charge >= 0.3 is 0 Å². The van der Waals surface area contributed by atoms with Crippen molar-refractivity contribution in [3.8, 4) is 0 Å². The van der Waals surface area contributed by atoms with Crippen molar-refractivity contribution < 1.29 is 8.76 Å². The monoisotopic (exact) mass is 382 g/mol. The van der Waals surface area contributed by atoms with Crippen molar-refractivity contribution in [1.29, 1.82) is 0 Å².